The number of carbonyl (C=O) groups is 1. The third-order valence-corrected chi connectivity index (χ3v) is 5.66. The molecule has 0 unspecified atom stereocenters. The third-order valence-electron chi connectivity index (χ3n) is 5.66. The first kappa shape index (κ1) is 16.2. The Balaban J connectivity index is 1.83. The van der Waals surface area contributed by atoms with E-state index in [0.29, 0.717) is 6.42 Å². The monoisotopic (exact) mass is 355 g/mol. The quantitative estimate of drug-likeness (QED) is 0.547. The molecule has 0 bridgehead atoms. The van der Waals surface area contributed by atoms with Crippen LogP contribution < -0.4 is 4.98 Å². The van der Waals surface area contributed by atoms with E-state index in [4.69, 9.17) is 0 Å². The van der Waals surface area contributed by atoms with Crippen LogP contribution in [0.2, 0.25) is 0 Å². The summed E-state index contributed by atoms with van der Waals surface area (Å²) in [7, 11) is 0. The number of ketones is 1. The number of H-pyrrole nitrogens is 2. The molecular weight excluding hydrogens is 332 g/mol. The zero-order valence-electron chi connectivity index (χ0n) is 15.7. The summed E-state index contributed by atoms with van der Waals surface area (Å²) >= 11 is 0. The van der Waals surface area contributed by atoms with Gasteiger partial charge in [0.1, 0.15) is 5.52 Å². The highest BCUT2D eigenvalue weighted by molar-refractivity contribution is 6.19. The molecule has 5 rings (SSSR count). The third kappa shape index (κ3) is 2.66. The molecule has 1 aliphatic rings. The molecule has 0 fully saturated rings. The second-order valence-corrected chi connectivity index (χ2v) is 8.48. The molecule has 0 atom stereocenters. The Bertz CT molecular complexity index is 1190. The minimum Gasteiger partial charge on any atom is -0.349 e. The summed E-state index contributed by atoms with van der Waals surface area (Å²) in [4.78, 5) is 20.3. The predicted molar refractivity (Wildman–Crippen MR) is 108 cm³/mol. The molecule has 1 aliphatic carbocycles. The molecule has 2 N–H and O–H groups in total. The first-order valence-electron chi connectivity index (χ1n) is 9.56. The molecule has 27 heavy (non-hydrogen) atoms. The minimum atomic E-state index is -0.00954. The standard InChI is InChI=1S/C24H22N2O/c1-24(2)13-19-22(20(27)14-24)21-16-10-6-7-11-17(16)26-23(21)18(25-19)12-15-8-4-3-5-9-15/h3-11,26H,12-14H2,1-2H3/p+1. The van der Waals surface area contributed by atoms with Gasteiger partial charge < -0.3 is 4.98 Å². The van der Waals surface area contributed by atoms with Gasteiger partial charge in [0, 0.05) is 29.1 Å². The van der Waals surface area contributed by atoms with E-state index in [1.165, 1.54) is 5.56 Å². The van der Waals surface area contributed by atoms with Crippen molar-refractivity contribution < 1.29 is 9.78 Å². The predicted octanol–water partition coefficient (Wildman–Crippen LogP) is 4.88. The molecule has 2 aromatic carbocycles. The van der Waals surface area contributed by atoms with Crippen molar-refractivity contribution in [2.75, 3.05) is 0 Å². The van der Waals surface area contributed by atoms with Crippen molar-refractivity contribution in [3.63, 3.8) is 0 Å². The van der Waals surface area contributed by atoms with Gasteiger partial charge in [0.15, 0.2) is 11.5 Å². The zero-order chi connectivity index (χ0) is 18.6. The van der Waals surface area contributed by atoms with Crippen LogP contribution in [0, 0.1) is 5.41 Å². The van der Waals surface area contributed by atoms with Gasteiger partial charge in [0.2, 0.25) is 5.69 Å². The highest BCUT2D eigenvalue weighted by Gasteiger charge is 2.38. The summed E-state index contributed by atoms with van der Waals surface area (Å²) in [5.41, 5.74) is 6.52. The van der Waals surface area contributed by atoms with Gasteiger partial charge in [0.25, 0.3) is 0 Å². The molecule has 3 heteroatoms. The number of carbonyl (C=O) groups excluding carboxylic acids is 1. The van der Waals surface area contributed by atoms with Crippen LogP contribution in [0.4, 0.5) is 0 Å². The smallest absolute Gasteiger partial charge is 0.208 e. The van der Waals surface area contributed by atoms with E-state index in [2.05, 4.69) is 60.2 Å². The SMILES string of the molecule is CC1(C)CC(=O)c2c([nH+]c(Cc3ccccc3)c3[nH]c4ccccc4c23)C1. The van der Waals surface area contributed by atoms with Crippen LogP contribution >= 0.6 is 0 Å². The number of benzene rings is 2. The number of pyridine rings is 1. The Labute approximate surface area is 158 Å². The second-order valence-electron chi connectivity index (χ2n) is 8.48. The topological polar surface area (TPSA) is 47.0 Å². The van der Waals surface area contributed by atoms with Gasteiger partial charge >= 0.3 is 0 Å². The highest BCUT2D eigenvalue weighted by atomic mass is 16.1. The Kier molecular flexibility index (Phi) is 3.48. The molecule has 0 saturated heterocycles. The van der Waals surface area contributed by atoms with Gasteiger partial charge in [-0.2, -0.15) is 0 Å². The Hall–Kier alpha value is -2.94. The zero-order valence-corrected chi connectivity index (χ0v) is 15.7. The van der Waals surface area contributed by atoms with Crippen LogP contribution in [0.5, 0.6) is 0 Å². The first-order valence-corrected chi connectivity index (χ1v) is 9.56. The van der Waals surface area contributed by atoms with Crippen molar-refractivity contribution in [1.82, 2.24) is 4.98 Å². The Morgan fingerprint density at radius 2 is 1.74 bits per heavy atom. The van der Waals surface area contributed by atoms with E-state index in [1.807, 2.05) is 18.2 Å². The van der Waals surface area contributed by atoms with Gasteiger partial charge in [-0.05, 0) is 17.0 Å². The van der Waals surface area contributed by atoms with Gasteiger partial charge in [-0.1, -0.05) is 62.4 Å². The maximum absolute atomic E-state index is 13.1. The van der Waals surface area contributed by atoms with Crippen LogP contribution in [0.15, 0.2) is 54.6 Å². The summed E-state index contributed by atoms with van der Waals surface area (Å²) in [6, 6.07) is 18.8. The lowest BCUT2D eigenvalue weighted by atomic mass is 9.74. The summed E-state index contributed by atoms with van der Waals surface area (Å²) in [6.07, 6.45) is 2.30. The highest BCUT2D eigenvalue weighted by Crippen LogP contribution is 2.39. The number of para-hydroxylation sites is 1. The van der Waals surface area contributed by atoms with Crippen LogP contribution in [0.3, 0.4) is 0 Å². The number of aromatic amines is 2. The summed E-state index contributed by atoms with van der Waals surface area (Å²) in [6.45, 7) is 4.36. The number of aromatic nitrogens is 2. The normalized spacial score (nSPS) is 16.0. The van der Waals surface area contributed by atoms with Crippen LogP contribution in [0.1, 0.15) is 47.6 Å². The lowest BCUT2D eigenvalue weighted by Crippen LogP contribution is -2.34. The van der Waals surface area contributed by atoms with Crippen molar-refractivity contribution in [2.45, 2.75) is 33.1 Å². The molecule has 0 amide bonds. The number of hydrogen-bond acceptors (Lipinski definition) is 1. The fourth-order valence-electron chi connectivity index (χ4n) is 4.52. The summed E-state index contributed by atoms with van der Waals surface area (Å²) in [5, 5.41) is 2.23. The van der Waals surface area contributed by atoms with Crippen molar-refractivity contribution in [3.8, 4) is 0 Å². The largest absolute Gasteiger partial charge is 0.349 e. The number of Topliss-reactive ketones (excluding diaryl/α,β-unsaturated/α-hetero) is 1. The molecule has 0 aliphatic heterocycles. The number of nitrogens with one attached hydrogen (secondary N) is 2. The average Bonchev–Trinajstić information content (AvgIpc) is 3.01. The van der Waals surface area contributed by atoms with Gasteiger partial charge in [-0.15, -0.1) is 0 Å². The second kappa shape index (κ2) is 5.78. The number of fused-ring (bicyclic) bond motifs is 5. The molecule has 134 valence electrons. The van der Waals surface area contributed by atoms with Gasteiger partial charge in [-0.3, -0.25) is 4.79 Å². The molecule has 2 heterocycles. The van der Waals surface area contributed by atoms with Gasteiger partial charge in [0.05, 0.1) is 12.0 Å². The molecule has 0 spiro atoms. The maximum Gasteiger partial charge on any atom is 0.208 e. The molecule has 0 radical (unpaired) electrons. The molecular formula is C24H23N2O+. The van der Waals surface area contributed by atoms with Crippen molar-refractivity contribution >= 4 is 27.6 Å². The average molecular weight is 355 g/mol. The van der Waals surface area contributed by atoms with Crippen LogP contribution in [-0.2, 0) is 12.8 Å². The van der Waals surface area contributed by atoms with Crippen LogP contribution in [-0.4, -0.2) is 10.8 Å². The van der Waals surface area contributed by atoms with E-state index in [-0.39, 0.29) is 11.2 Å². The summed E-state index contributed by atoms with van der Waals surface area (Å²) in [5.74, 6) is 0.249. The maximum atomic E-state index is 13.1. The number of rotatable bonds is 2. The van der Waals surface area contributed by atoms with E-state index in [9.17, 15) is 4.79 Å². The number of hydrogen-bond donors (Lipinski definition) is 1. The Morgan fingerprint density at radius 1 is 1.00 bits per heavy atom. The lowest BCUT2D eigenvalue weighted by Gasteiger charge is -2.27. The van der Waals surface area contributed by atoms with Crippen LogP contribution in [0.25, 0.3) is 21.8 Å². The fourth-order valence-corrected chi connectivity index (χ4v) is 4.52. The molecule has 3 nitrogen and oxygen atoms in total. The molecule has 0 saturated carbocycles. The van der Waals surface area contributed by atoms with E-state index >= 15 is 0 Å². The Morgan fingerprint density at radius 3 is 2.56 bits per heavy atom. The fraction of sp³-hybridized carbons (Fsp3) is 0.250. The molecule has 4 aromatic rings. The van der Waals surface area contributed by atoms with E-state index in [0.717, 1.165) is 51.6 Å². The van der Waals surface area contributed by atoms with Crippen molar-refractivity contribution in [1.29, 1.82) is 0 Å². The van der Waals surface area contributed by atoms with Crippen molar-refractivity contribution in [2.24, 2.45) is 5.41 Å². The molecule has 2 aromatic heterocycles. The summed E-state index contributed by atoms with van der Waals surface area (Å²) < 4.78 is 0. The van der Waals surface area contributed by atoms with E-state index in [1.54, 1.807) is 0 Å². The first-order chi connectivity index (χ1) is 13.0. The van der Waals surface area contributed by atoms with Crippen molar-refractivity contribution in [3.05, 3.63) is 77.1 Å². The van der Waals surface area contributed by atoms with Gasteiger partial charge in [-0.25, -0.2) is 4.98 Å². The van der Waals surface area contributed by atoms with E-state index < -0.39 is 0 Å². The lowest BCUT2D eigenvalue weighted by molar-refractivity contribution is -0.401. The minimum absolute atomic E-state index is 0.00954.